The topological polar surface area (TPSA) is 80.2 Å². The number of nitrogens with one attached hydrogen (secondary N) is 1. The van der Waals surface area contributed by atoms with Crippen LogP contribution in [0.5, 0.6) is 11.6 Å². The van der Waals surface area contributed by atoms with E-state index in [0.29, 0.717) is 29.1 Å². The predicted molar refractivity (Wildman–Crippen MR) is 135 cm³/mol. The molecule has 4 aromatic rings. The van der Waals surface area contributed by atoms with Crippen molar-refractivity contribution in [3.8, 4) is 22.9 Å². The largest absolute Gasteiger partial charge is 0.438 e. The maximum Gasteiger partial charge on any atom is 0.416 e. The molecule has 0 bridgehead atoms. The number of ether oxygens (including phenoxy) is 1. The minimum atomic E-state index is -4.67. The van der Waals surface area contributed by atoms with E-state index in [0.717, 1.165) is 17.8 Å². The lowest BCUT2D eigenvalue weighted by atomic mass is 10.1. The maximum atomic E-state index is 13.7. The molecule has 2 aromatic heterocycles. The van der Waals surface area contributed by atoms with Gasteiger partial charge >= 0.3 is 6.18 Å². The molecule has 1 N–H and O–H groups in total. The molecule has 7 nitrogen and oxygen atoms in total. The summed E-state index contributed by atoms with van der Waals surface area (Å²) in [5.41, 5.74) is 1.04. The van der Waals surface area contributed by atoms with Crippen molar-refractivity contribution in [2.45, 2.75) is 19.5 Å². The zero-order valence-corrected chi connectivity index (χ0v) is 20.4. The van der Waals surface area contributed by atoms with Gasteiger partial charge in [-0.1, -0.05) is 13.0 Å². The summed E-state index contributed by atoms with van der Waals surface area (Å²) in [5, 5.41) is 2.55. The number of amides is 1. The van der Waals surface area contributed by atoms with Gasteiger partial charge in [0.1, 0.15) is 11.6 Å². The third-order valence-electron chi connectivity index (χ3n) is 5.40. The van der Waals surface area contributed by atoms with Crippen molar-refractivity contribution < 1.29 is 22.7 Å². The average molecular weight is 508 g/mol. The number of pyridine rings is 1. The van der Waals surface area contributed by atoms with E-state index in [1.54, 1.807) is 42.6 Å². The van der Waals surface area contributed by atoms with Gasteiger partial charge in [-0.25, -0.2) is 15.0 Å². The summed E-state index contributed by atoms with van der Waals surface area (Å²) < 4.78 is 47.0. The Morgan fingerprint density at radius 1 is 1.00 bits per heavy atom. The Labute approximate surface area is 212 Å². The normalized spacial score (nSPS) is 11.2. The van der Waals surface area contributed by atoms with Crippen molar-refractivity contribution >= 4 is 17.3 Å². The molecule has 2 heterocycles. The van der Waals surface area contributed by atoms with Crippen LogP contribution in [-0.4, -0.2) is 35.0 Å². The monoisotopic (exact) mass is 507 g/mol. The number of halogens is 3. The number of hydrogen-bond donors (Lipinski definition) is 1. The zero-order chi connectivity index (χ0) is 26.6. The van der Waals surface area contributed by atoms with Crippen LogP contribution in [0.3, 0.4) is 0 Å². The summed E-state index contributed by atoms with van der Waals surface area (Å²) in [6.45, 7) is 1.91. The third kappa shape index (κ3) is 6.21. The molecule has 0 aliphatic carbocycles. The predicted octanol–water partition coefficient (Wildman–Crippen LogP) is 6.23. The first-order valence-corrected chi connectivity index (χ1v) is 11.4. The molecule has 0 saturated carbocycles. The highest BCUT2D eigenvalue weighted by atomic mass is 19.4. The molecule has 4 rings (SSSR count). The maximum absolute atomic E-state index is 13.7. The van der Waals surface area contributed by atoms with Crippen LogP contribution in [0.1, 0.15) is 28.7 Å². The highest BCUT2D eigenvalue weighted by Gasteiger charge is 2.32. The Kier molecular flexibility index (Phi) is 7.37. The number of aryl methyl sites for hydroxylation is 1. The summed E-state index contributed by atoms with van der Waals surface area (Å²) in [6, 6.07) is 14.8. The van der Waals surface area contributed by atoms with Gasteiger partial charge in [-0.2, -0.15) is 13.2 Å². The lowest BCUT2D eigenvalue weighted by Gasteiger charge is -2.16. The second-order valence-electron chi connectivity index (χ2n) is 8.31. The minimum absolute atomic E-state index is 0.0681. The van der Waals surface area contributed by atoms with Crippen LogP contribution < -0.4 is 15.0 Å². The first-order valence-electron chi connectivity index (χ1n) is 11.4. The van der Waals surface area contributed by atoms with E-state index in [1.807, 2.05) is 32.0 Å². The smallest absolute Gasteiger partial charge is 0.416 e. The Morgan fingerprint density at radius 2 is 1.81 bits per heavy atom. The number of nitrogens with zero attached hydrogens (tertiary/aromatic N) is 4. The number of aromatic nitrogens is 3. The van der Waals surface area contributed by atoms with Gasteiger partial charge in [0, 0.05) is 55.9 Å². The standard InChI is InChI=1S/C27H24F3N5O2/c1-4-24-31-12-10-23(34-24)22-9-6-11-32-26(22)37-21-15-18(27(28,29)30)14-19(16-21)33-25(36)17-7-5-8-20(13-17)35(2)3/h5-16H,4H2,1-3H3,(H,33,36). The minimum Gasteiger partial charge on any atom is -0.438 e. The van der Waals surface area contributed by atoms with Gasteiger partial charge in [-0.3, -0.25) is 4.79 Å². The SMILES string of the molecule is CCc1nccc(-c2cccnc2Oc2cc(NC(=O)c3cccc(N(C)C)c3)cc(C(F)(F)F)c2)n1. The van der Waals surface area contributed by atoms with Crippen LogP contribution in [0.2, 0.25) is 0 Å². The zero-order valence-electron chi connectivity index (χ0n) is 20.4. The van der Waals surface area contributed by atoms with Gasteiger partial charge in [-0.15, -0.1) is 0 Å². The van der Waals surface area contributed by atoms with Crippen molar-refractivity contribution in [2.75, 3.05) is 24.3 Å². The van der Waals surface area contributed by atoms with E-state index in [9.17, 15) is 18.0 Å². The molecular weight excluding hydrogens is 483 g/mol. The van der Waals surface area contributed by atoms with Crippen LogP contribution in [0, 0.1) is 0 Å². The molecule has 190 valence electrons. The van der Waals surface area contributed by atoms with Crippen LogP contribution >= 0.6 is 0 Å². The van der Waals surface area contributed by atoms with Crippen LogP contribution in [-0.2, 0) is 12.6 Å². The number of benzene rings is 2. The molecule has 10 heteroatoms. The van der Waals surface area contributed by atoms with E-state index in [1.165, 1.54) is 12.3 Å². The number of carbonyl (C=O) groups is 1. The van der Waals surface area contributed by atoms with Gasteiger partial charge in [0.2, 0.25) is 5.88 Å². The molecule has 0 aliphatic heterocycles. The van der Waals surface area contributed by atoms with Crippen LogP contribution in [0.4, 0.5) is 24.5 Å². The number of rotatable bonds is 7. The molecule has 0 radical (unpaired) electrons. The van der Waals surface area contributed by atoms with Gasteiger partial charge in [0.15, 0.2) is 0 Å². The Balaban J connectivity index is 1.68. The fourth-order valence-corrected chi connectivity index (χ4v) is 3.52. The van der Waals surface area contributed by atoms with Crippen molar-refractivity contribution in [3.05, 3.63) is 90.0 Å². The van der Waals surface area contributed by atoms with E-state index in [4.69, 9.17) is 4.74 Å². The highest BCUT2D eigenvalue weighted by Crippen LogP contribution is 2.37. The number of carbonyl (C=O) groups excluding carboxylic acids is 1. The molecule has 2 aromatic carbocycles. The lowest BCUT2D eigenvalue weighted by Crippen LogP contribution is -2.15. The highest BCUT2D eigenvalue weighted by molar-refractivity contribution is 6.05. The fraction of sp³-hybridized carbons (Fsp3) is 0.185. The molecule has 1 amide bonds. The number of alkyl halides is 3. The molecule has 0 fully saturated rings. The lowest BCUT2D eigenvalue weighted by molar-refractivity contribution is -0.137. The molecule has 0 spiro atoms. The summed E-state index contributed by atoms with van der Waals surface area (Å²) in [5.74, 6) is -0.0225. The number of hydrogen-bond acceptors (Lipinski definition) is 6. The molecule has 0 atom stereocenters. The Bertz CT molecular complexity index is 1420. The Morgan fingerprint density at radius 3 is 2.54 bits per heavy atom. The molecule has 0 unspecified atom stereocenters. The third-order valence-corrected chi connectivity index (χ3v) is 5.40. The molecule has 37 heavy (non-hydrogen) atoms. The van der Waals surface area contributed by atoms with Gasteiger partial charge in [0.05, 0.1) is 16.8 Å². The molecular formula is C27H24F3N5O2. The second-order valence-corrected chi connectivity index (χ2v) is 8.31. The summed E-state index contributed by atoms with van der Waals surface area (Å²) in [6.07, 6.45) is -0.992. The van der Waals surface area contributed by atoms with E-state index >= 15 is 0 Å². The van der Waals surface area contributed by atoms with Crippen LogP contribution in [0.25, 0.3) is 11.3 Å². The Hall–Kier alpha value is -4.47. The van der Waals surface area contributed by atoms with Crippen molar-refractivity contribution in [1.29, 1.82) is 0 Å². The summed E-state index contributed by atoms with van der Waals surface area (Å²) in [4.78, 5) is 27.5. The molecule has 0 saturated heterocycles. The van der Waals surface area contributed by atoms with Gasteiger partial charge in [0.25, 0.3) is 5.91 Å². The molecule has 0 aliphatic rings. The van der Waals surface area contributed by atoms with Crippen molar-refractivity contribution in [2.24, 2.45) is 0 Å². The average Bonchev–Trinajstić information content (AvgIpc) is 2.88. The summed E-state index contributed by atoms with van der Waals surface area (Å²) >= 11 is 0. The summed E-state index contributed by atoms with van der Waals surface area (Å²) in [7, 11) is 3.65. The van der Waals surface area contributed by atoms with E-state index in [-0.39, 0.29) is 17.3 Å². The second kappa shape index (κ2) is 10.7. The van der Waals surface area contributed by atoms with E-state index < -0.39 is 17.6 Å². The van der Waals surface area contributed by atoms with Crippen LogP contribution in [0.15, 0.2) is 73.1 Å². The fourth-order valence-electron chi connectivity index (χ4n) is 3.52. The van der Waals surface area contributed by atoms with Gasteiger partial charge < -0.3 is 15.0 Å². The van der Waals surface area contributed by atoms with E-state index in [2.05, 4.69) is 20.3 Å². The first kappa shape index (κ1) is 25.6. The van der Waals surface area contributed by atoms with Crippen molar-refractivity contribution in [1.82, 2.24) is 15.0 Å². The quantitative estimate of drug-likeness (QED) is 0.319. The first-order chi connectivity index (χ1) is 17.6. The number of anilines is 2. The van der Waals surface area contributed by atoms with Crippen molar-refractivity contribution in [3.63, 3.8) is 0 Å². The van der Waals surface area contributed by atoms with Gasteiger partial charge in [-0.05, 0) is 48.5 Å².